The molecule has 0 bridgehead atoms. The number of anilines is 3. The highest BCUT2D eigenvalue weighted by Gasteiger charge is 2.37. The zero-order valence-electron chi connectivity index (χ0n) is 20.6. The molecule has 0 saturated heterocycles. The van der Waals surface area contributed by atoms with Gasteiger partial charge in [-0.3, -0.25) is 0 Å². The van der Waals surface area contributed by atoms with Gasteiger partial charge in [0.1, 0.15) is 0 Å². The lowest BCUT2D eigenvalue weighted by molar-refractivity contribution is -0.143. The molecule has 3 aromatic carbocycles. The molecule has 0 aliphatic carbocycles. The highest BCUT2D eigenvalue weighted by atomic mass is 19.4. The molecule has 0 spiro atoms. The molecule has 0 aliphatic heterocycles. The standard InChI is InChI=1S/C28H29F6N/c1-25(2,3)18-7-11-22(12-8-18)35(23-13-9-19(10-14-23)26(4,5)6)24-16-20(27(29,30)31)15-21(17-24)28(32,33)34/h7-17H,1-6H3. The van der Waals surface area contributed by atoms with Gasteiger partial charge in [0.25, 0.3) is 0 Å². The van der Waals surface area contributed by atoms with E-state index in [2.05, 4.69) is 0 Å². The molecule has 0 fully saturated rings. The third-order valence-electron chi connectivity index (χ3n) is 5.81. The Labute approximate surface area is 202 Å². The first-order valence-electron chi connectivity index (χ1n) is 11.2. The molecule has 3 aromatic rings. The van der Waals surface area contributed by atoms with E-state index in [0.717, 1.165) is 23.3 Å². The normalized spacial score (nSPS) is 13.1. The zero-order chi connectivity index (χ0) is 26.4. The van der Waals surface area contributed by atoms with E-state index >= 15 is 0 Å². The van der Waals surface area contributed by atoms with Crippen molar-refractivity contribution in [1.82, 2.24) is 0 Å². The van der Waals surface area contributed by atoms with Crippen LogP contribution in [-0.2, 0) is 23.2 Å². The largest absolute Gasteiger partial charge is 0.416 e. The molecule has 3 rings (SSSR count). The van der Waals surface area contributed by atoms with Crippen molar-refractivity contribution in [2.24, 2.45) is 0 Å². The average molecular weight is 494 g/mol. The fourth-order valence-electron chi connectivity index (χ4n) is 3.74. The van der Waals surface area contributed by atoms with E-state index in [1.165, 1.54) is 4.90 Å². The van der Waals surface area contributed by atoms with Crippen molar-refractivity contribution < 1.29 is 26.3 Å². The maximum absolute atomic E-state index is 13.6. The van der Waals surface area contributed by atoms with E-state index < -0.39 is 23.5 Å². The number of hydrogen-bond donors (Lipinski definition) is 0. The Bertz CT molecular complexity index is 1070. The van der Waals surface area contributed by atoms with Crippen molar-refractivity contribution in [3.8, 4) is 0 Å². The van der Waals surface area contributed by atoms with Crippen molar-refractivity contribution in [1.29, 1.82) is 0 Å². The van der Waals surface area contributed by atoms with Gasteiger partial charge >= 0.3 is 12.4 Å². The van der Waals surface area contributed by atoms with Crippen LogP contribution < -0.4 is 4.90 Å². The highest BCUT2D eigenvalue weighted by Crippen LogP contribution is 2.43. The molecule has 0 N–H and O–H groups in total. The second-order valence-corrected chi connectivity index (χ2v) is 10.7. The van der Waals surface area contributed by atoms with E-state index in [-0.39, 0.29) is 22.6 Å². The van der Waals surface area contributed by atoms with Crippen LogP contribution in [-0.4, -0.2) is 0 Å². The van der Waals surface area contributed by atoms with Crippen LogP contribution >= 0.6 is 0 Å². The topological polar surface area (TPSA) is 3.24 Å². The Balaban J connectivity index is 2.26. The number of halogens is 6. The maximum Gasteiger partial charge on any atom is 0.416 e. The van der Waals surface area contributed by atoms with Gasteiger partial charge in [0.2, 0.25) is 0 Å². The number of alkyl halides is 6. The van der Waals surface area contributed by atoms with Gasteiger partial charge < -0.3 is 4.90 Å². The quantitative estimate of drug-likeness (QED) is 0.328. The molecule has 188 valence electrons. The van der Waals surface area contributed by atoms with E-state index in [1.807, 2.05) is 65.8 Å². The average Bonchev–Trinajstić information content (AvgIpc) is 2.72. The molecular weight excluding hydrogens is 464 g/mol. The molecule has 0 unspecified atom stereocenters. The lowest BCUT2D eigenvalue weighted by atomic mass is 9.86. The summed E-state index contributed by atoms with van der Waals surface area (Å²) in [6, 6.07) is 15.9. The maximum atomic E-state index is 13.6. The van der Waals surface area contributed by atoms with Crippen LogP contribution in [0.2, 0.25) is 0 Å². The van der Waals surface area contributed by atoms with Crippen molar-refractivity contribution in [2.75, 3.05) is 4.90 Å². The summed E-state index contributed by atoms with van der Waals surface area (Å²) in [7, 11) is 0. The Morgan fingerprint density at radius 3 is 1.00 bits per heavy atom. The van der Waals surface area contributed by atoms with Crippen LogP contribution in [0.1, 0.15) is 63.8 Å². The fraction of sp³-hybridized carbons (Fsp3) is 0.357. The van der Waals surface area contributed by atoms with Gasteiger partial charge in [-0.25, -0.2) is 0 Å². The fourth-order valence-corrected chi connectivity index (χ4v) is 3.74. The lowest BCUT2D eigenvalue weighted by Gasteiger charge is -2.29. The van der Waals surface area contributed by atoms with Crippen molar-refractivity contribution in [2.45, 2.75) is 64.7 Å². The minimum Gasteiger partial charge on any atom is -0.310 e. The lowest BCUT2D eigenvalue weighted by Crippen LogP contribution is -2.17. The van der Waals surface area contributed by atoms with Gasteiger partial charge in [-0.05, 0) is 64.4 Å². The van der Waals surface area contributed by atoms with Gasteiger partial charge in [0.15, 0.2) is 0 Å². The number of nitrogens with zero attached hydrogens (tertiary/aromatic N) is 1. The molecule has 0 atom stereocenters. The summed E-state index contributed by atoms with van der Waals surface area (Å²) in [5, 5.41) is 0. The smallest absolute Gasteiger partial charge is 0.310 e. The summed E-state index contributed by atoms with van der Waals surface area (Å²) < 4.78 is 81.5. The Hall–Kier alpha value is -2.96. The zero-order valence-corrected chi connectivity index (χ0v) is 20.6. The first-order chi connectivity index (χ1) is 15.9. The summed E-state index contributed by atoms with van der Waals surface area (Å²) in [5.41, 5.74) is -0.389. The van der Waals surface area contributed by atoms with Crippen LogP contribution in [0, 0.1) is 0 Å². The molecule has 1 nitrogen and oxygen atoms in total. The summed E-state index contributed by atoms with van der Waals surface area (Å²) in [5.74, 6) is 0. The Morgan fingerprint density at radius 1 is 0.429 bits per heavy atom. The van der Waals surface area contributed by atoms with Crippen LogP contribution in [0.5, 0.6) is 0 Å². The summed E-state index contributed by atoms with van der Waals surface area (Å²) >= 11 is 0. The minimum atomic E-state index is -4.94. The number of benzene rings is 3. The molecule has 0 saturated carbocycles. The van der Waals surface area contributed by atoms with E-state index in [1.54, 1.807) is 24.3 Å². The second kappa shape index (κ2) is 8.92. The van der Waals surface area contributed by atoms with Crippen LogP contribution in [0.3, 0.4) is 0 Å². The monoisotopic (exact) mass is 493 g/mol. The van der Waals surface area contributed by atoms with Gasteiger partial charge in [0, 0.05) is 17.1 Å². The van der Waals surface area contributed by atoms with E-state index in [0.29, 0.717) is 11.4 Å². The molecule has 35 heavy (non-hydrogen) atoms. The number of hydrogen-bond acceptors (Lipinski definition) is 1. The summed E-state index contributed by atoms with van der Waals surface area (Å²) in [6.45, 7) is 12.1. The number of rotatable bonds is 3. The summed E-state index contributed by atoms with van der Waals surface area (Å²) in [6.07, 6.45) is -9.87. The van der Waals surface area contributed by atoms with Gasteiger partial charge in [-0.1, -0.05) is 65.8 Å². The summed E-state index contributed by atoms with van der Waals surface area (Å²) in [4.78, 5) is 1.42. The SMILES string of the molecule is CC(C)(C)c1ccc(N(c2ccc(C(C)(C)C)cc2)c2cc(C(F)(F)F)cc(C(F)(F)F)c2)cc1. The van der Waals surface area contributed by atoms with Crippen LogP contribution in [0.4, 0.5) is 43.4 Å². The molecule has 0 aliphatic rings. The Kier molecular flexibility index (Phi) is 6.79. The Morgan fingerprint density at radius 2 is 0.743 bits per heavy atom. The van der Waals surface area contributed by atoms with E-state index in [9.17, 15) is 26.3 Å². The van der Waals surface area contributed by atoms with Gasteiger partial charge in [-0.2, -0.15) is 26.3 Å². The van der Waals surface area contributed by atoms with Crippen LogP contribution in [0.15, 0.2) is 66.7 Å². The predicted octanol–water partition coefficient (Wildman–Crippen LogP) is 9.79. The molecule has 7 heteroatoms. The first-order valence-corrected chi connectivity index (χ1v) is 11.2. The third kappa shape index (κ3) is 6.19. The molecule has 0 amide bonds. The van der Waals surface area contributed by atoms with Crippen LogP contribution in [0.25, 0.3) is 0 Å². The predicted molar refractivity (Wildman–Crippen MR) is 129 cm³/mol. The van der Waals surface area contributed by atoms with Gasteiger partial charge in [-0.15, -0.1) is 0 Å². The van der Waals surface area contributed by atoms with Crippen molar-refractivity contribution in [3.05, 3.63) is 89.0 Å². The van der Waals surface area contributed by atoms with Crippen molar-refractivity contribution in [3.63, 3.8) is 0 Å². The molecule has 0 aromatic heterocycles. The highest BCUT2D eigenvalue weighted by molar-refractivity contribution is 5.77. The molecule has 0 radical (unpaired) electrons. The first kappa shape index (κ1) is 26.6. The molecule has 0 heterocycles. The minimum absolute atomic E-state index is 0.146. The third-order valence-corrected chi connectivity index (χ3v) is 5.81. The second-order valence-electron chi connectivity index (χ2n) is 10.7. The molecular formula is C28H29F6N. The van der Waals surface area contributed by atoms with E-state index in [4.69, 9.17) is 0 Å². The van der Waals surface area contributed by atoms with Crippen molar-refractivity contribution >= 4 is 17.1 Å². The van der Waals surface area contributed by atoms with Gasteiger partial charge in [0.05, 0.1) is 11.1 Å².